The highest BCUT2D eigenvalue weighted by atomic mass is 14.9. The van der Waals surface area contributed by atoms with Gasteiger partial charge in [-0.05, 0) is 31.7 Å². The van der Waals surface area contributed by atoms with Gasteiger partial charge >= 0.3 is 0 Å². The van der Waals surface area contributed by atoms with Crippen LogP contribution in [0.3, 0.4) is 0 Å². The summed E-state index contributed by atoms with van der Waals surface area (Å²) in [5.74, 6) is 1.40. The van der Waals surface area contributed by atoms with Crippen LogP contribution in [0.15, 0.2) is 12.2 Å². The van der Waals surface area contributed by atoms with Crippen molar-refractivity contribution in [1.82, 2.24) is 5.32 Å². The summed E-state index contributed by atoms with van der Waals surface area (Å²) in [4.78, 5) is 0. The number of rotatable bonds is 6. The summed E-state index contributed by atoms with van der Waals surface area (Å²) in [5.41, 5.74) is 0. The molecule has 0 amide bonds. The van der Waals surface area contributed by atoms with E-state index in [1.807, 2.05) is 0 Å². The molecule has 0 radical (unpaired) electrons. The van der Waals surface area contributed by atoms with Crippen molar-refractivity contribution in [2.45, 2.75) is 47.1 Å². The van der Waals surface area contributed by atoms with E-state index in [0.717, 1.165) is 12.5 Å². The molecule has 0 saturated heterocycles. The fraction of sp³-hybridized carbons (Fsp3) is 0.833. The van der Waals surface area contributed by atoms with E-state index in [0.29, 0.717) is 12.0 Å². The average Bonchev–Trinajstić information content (AvgIpc) is 2.13. The quantitative estimate of drug-likeness (QED) is 0.623. The molecule has 0 fully saturated rings. The summed E-state index contributed by atoms with van der Waals surface area (Å²) in [6.45, 7) is 12.2. The first-order valence-electron chi connectivity index (χ1n) is 5.53. The normalized spacial score (nSPS) is 18.8. The fourth-order valence-corrected chi connectivity index (χ4v) is 1.81. The molecule has 0 saturated carbocycles. The summed E-state index contributed by atoms with van der Waals surface area (Å²) in [6, 6.07) is 0.663. The van der Waals surface area contributed by atoms with Crippen molar-refractivity contribution in [1.29, 1.82) is 0 Å². The maximum atomic E-state index is 3.54. The Labute approximate surface area is 83.6 Å². The van der Waals surface area contributed by atoms with Crippen LogP contribution in [0.4, 0.5) is 0 Å². The molecule has 78 valence electrons. The Morgan fingerprint density at radius 3 is 2.23 bits per heavy atom. The molecule has 0 aromatic carbocycles. The lowest BCUT2D eigenvalue weighted by molar-refractivity contribution is 0.316. The van der Waals surface area contributed by atoms with Crippen LogP contribution in [-0.4, -0.2) is 12.6 Å². The summed E-state index contributed by atoms with van der Waals surface area (Å²) in [5, 5.41) is 3.54. The van der Waals surface area contributed by atoms with Crippen LogP contribution in [0.1, 0.15) is 41.0 Å². The zero-order valence-corrected chi connectivity index (χ0v) is 9.80. The van der Waals surface area contributed by atoms with Crippen molar-refractivity contribution >= 4 is 0 Å². The van der Waals surface area contributed by atoms with E-state index in [1.54, 1.807) is 0 Å². The molecule has 1 heteroatoms. The van der Waals surface area contributed by atoms with Gasteiger partial charge in [0.05, 0.1) is 0 Å². The molecule has 0 aliphatic carbocycles. The molecule has 0 aliphatic heterocycles. The van der Waals surface area contributed by atoms with Crippen molar-refractivity contribution in [2.24, 2.45) is 11.8 Å². The second kappa shape index (κ2) is 7.14. The lowest BCUT2D eigenvalue weighted by atomic mass is 9.87. The molecule has 3 atom stereocenters. The average molecular weight is 183 g/mol. The van der Waals surface area contributed by atoms with Crippen LogP contribution in [0.2, 0.25) is 0 Å². The molecule has 0 heterocycles. The summed E-state index contributed by atoms with van der Waals surface area (Å²) < 4.78 is 0. The molecule has 1 nitrogen and oxygen atoms in total. The smallest absolute Gasteiger partial charge is 0.00954 e. The van der Waals surface area contributed by atoms with Gasteiger partial charge in [-0.3, -0.25) is 0 Å². The van der Waals surface area contributed by atoms with E-state index in [9.17, 15) is 0 Å². The van der Waals surface area contributed by atoms with Gasteiger partial charge in [-0.15, -0.1) is 0 Å². The molecule has 0 rings (SSSR count). The van der Waals surface area contributed by atoms with Crippen molar-refractivity contribution < 1.29 is 0 Å². The van der Waals surface area contributed by atoms with Crippen LogP contribution in [0.5, 0.6) is 0 Å². The minimum absolute atomic E-state index is 0.663. The van der Waals surface area contributed by atoms with Gasteiger partial charge in [-0.1, -0.05) is 39.8 Å². The van der Waals surface area contributed by atoms with Crippen LogP contribution in [-0.2, 0) is 0 Å². The molecule has 0 aromatic heterocycles. The van der Waals surface area contributed by atoms with Crippen molar-refractivity contribution in [2.75, 3.05) is 6.54 Å². The Morgan fingerprint density at radius 2 is 1.85 bits per heavy atom. The second-order valence-electron chi connectivity index (χ2n) is 3.82. The van der Waals surface area contributed by atoms with Gasteiger partial charge in [0.25, 0.3) is 0 Å². The van der Waals surface area contributed by atoms with Gasteiger partial charge in [0.15, 0.2) is 0 Å². The molecule has 13 heavy (non-hydrogen) atoms. The topological polar surface area (TPSA) is 12.0 Å². The highest BCUT2D eigenvalue weighted by Crippen LogP contribution is 2.18. The minimum atomic E-state index is 0.663. The predicted octanol–water partition coefficient (Wildman–Crippen LogP) is 3.22. The van der Waals surface area contributed by atoms with E-state index < -0.39 is 0 Å². The molecule has 0 spiro atoms. The third-order valence-corrected chi connectivity index (χ3v) is 2.87. The summed E-state index contributed by atoms with van der Waals surface area (Å²) in [6.07, 6.45) is 5.67. The first kappa shape index (κ1) is 12.7. The monoisotopic (exact) mass is 183 g/mol. The second-order valence-corrected chi connectivity index (χ2v) is 3.82. The Hall–Kier alpha value is -0.300. The lowest BCUT2D eigenvalue weighted by Crippen LogP contribution is -2.36. The maximum absolute atomic E-state index is 3.54. The van der Waals surface area contributed by atoms with Crippen molar-refractivity contribution in [3.63, 3.8) is 0 Å². The Morgan fingerprint density at radius 1 is 1.23 bits per heavy atom. The molecule has 3 unspecified atom stereocenters. The standard InChI is InChI=1S/C12H25N/c1-6-9-10(4)11(5)12(7-2)13-8-3/h6,9-13H,7-8H2,1-5H3/b9-6+. The number of hydrogen-bond donors (Lipinski definition) is 1. The zero-order valence-electron chi connectivity index (χ0n) is 9.80. The third-order valence-electron chi connectivity index (χ3n) is 2.87. The van der Waals surface area contributed by atoms with Crippen molar-refractivity contribution in [3.8, 4) is 0 Å². The molecule has 0 aliphatic rings. The van der Waals surface area contributed by atoms with Gasteiger partial charge in [-0.25, -0.2) is 0 Å². The van der Waals surface area contributed by atoms with Crippen LogP contribution in [0.25, 0.3) is 0 Å². The van der Waals surface area contributed by atoms with Crippen LogP contribution >= 0.6 is 0 Å². The van der Waals surface area contributed by atoms with E-state index in [1.165, 1.54) is 6.42 Å². The van der Waals surface area contributed by atoms with Gasteiger partial charge in [0.1, 0.15) is 0 Å². The molecule has 0 bridgehead atoms. The molecule has 0 aromatic rings. The van der Waals surface area contributed by atoms with Gasteiger partial charge in [0, 0.05) is 6.04 Å². The van der Waals surface area contributed by atoms with Gasteiger partial charge in [0.2, 0.25) is 0 Å². The first-order chi connectivity index (χ1) is 6.17. The Bertz CT molecular complexity index is 140. The van der Waals surface area contributed by atoms with Gasteiger partial charge < -0.3 is 5.32 Å². The minimum Gasteiger partial charge on any atom is -0.314 e. The maximum Gasteiger partial charge on any atom is 0.00954 e. The van der Waals surface area contributed by atoms with E-state index in [-0.39, 0.29) is 0 Å². The highest BCUT2D eigenvalue weighted by molar-refractivity contribution is 4.89. The number of allylic oxidation sites excluding steroid dienone is 2. The lowest BCUT2D eigenvalue weighted by Gasteiger charge is -2.27. The van der Waals surface area contributed by atoms with E-state index >= 15 is 0 Å². The number of hydrogen-bond acceptors (Lipinski definition) is 1. The Balaban J connectivity index is 4.09. The fourth-order valence-electron chi connectivity index (χ4n) is 1.81. The van der Waals surface area contributed by atoms with Crippen LogP contribution in [0, 0.1) is 11.8 Å². The van der Waals surface area contributed by atoms with E-state index in [4.69, 9.17) is 0 Å². The van der Waals surface area contributed by atoms with Gasteiger partial charge in [-0.2, -0.15) is 0 Å². The molecular formula is C12H25N. The SMILES string of the molecule is C/C=C/C(C)C(C)C(CC)NCC. The highest BCUT2D eigenvalue weighted by Gasteiger charge is 2.18. The largest absolute Gasteiger partial charge is 0.314 e. The molecular weight excluding hydrogens is 158 g/mol. The third kappa shape index (κ3) is 4.47. The van der Waals surface area contributed by atoms with Crippen LogP contribution < -0.4 is 5.32 Å². The predicted molar refractivity (Wildman–Crippen MR) is 60.9 cm³/mol. The van der Waals surface area contributed by atoms with E-state index in [2.05, 4.69) is 52.1 Å². The Kier molecular flexibility index (Phi) is 6.97. The first-order valence-corrected chi connectivity index (χ1v) is 5.53. The summed E-state index contributed by atoms with van der Waals surface area (Å²) >= 11 is 0. The molecule has 1 N–H and O–H groups in total. The summed E-state index contributed by atoms with van der Waals surface area (Å²) in [7, 11) is 0. The zero-order chi connectivity index (χ0) is 10.3. The number of nitrogens with one attached hydrogen (secondary N) is 1. The van der Waals surface area contributed by atoms with Crippen molar-refractivity contribution in [3.05, 3.63) is 12.2 Å².